The van der Waals surface area contributed by atoms with Crippen LogP contribution >= 0.6 is 0 Å². The second-order valence-electron chi connectivity index (χ2n) is 3.04. The highest BCUT2D eigenvalue weighted by Crippen LogP contribution is 2.19. The third-order valence-corrected chi connectivity index (χ3v) is 1.84. The number of hydrogen-bond acceptors (Lipinski definition) is 3. The van der Waals surface area contributed by atoms with E-state index in [4.69, 9.17) is 10.4 Å². The highest BCUT2D eigenvalue weighted by Gasteiger charge is 2.11. The second kappa shape index (κ2) is 3.79. The number of rotatable bonds is 2. The van der Waals surface area contributed by atoms with Gasteiger partial charge in [0, 0.05) is 14.1 Å². The molecule has 72 valence electrons. The normalized spacial score (nSPS) is 9.21. The largest absolute Gasteiger partial charge is 0.478 e. The molecule has 0 spiro atoms. The molecule has 0 heterocycles. The summed E-state index contributed by atoms with van der Waals surface area (Å²) in [7, 11) is 3.52. The first kappa shape index (κ1) is 10.1. The zero-order valence-corrected chi connectivity index (χ0v) is 7.98. The van der Waals surface area contributed by atoms with Gasteiger partial charge in [-0.3, -0.25) is 0 Å². The number of anilines is 1. The van der Waals surface area contributed by atoms with E-state index in [1.165, 1.54) is 6.07 Å². The third-order valence-electron chi connectivity index (χ3n) is 1.84. The number of nitrogens with zero attached hydrogens (tertiary/aromatic N) is 2. The molecule has 0 amide bonds. The Balaban J connectivity index is 3.33. The molecule has 0 saturated heterocycles. The topological polar surface area (TPSA) is 64.3 Å². The Morgan fingerprint density at radius 2 is 2.14 bits per heavy atom. The lowest BCUT2D eigenvalue weighted by Crippen LogP contribution is -2.13. The van der Waals surface area contributed by atoms with Crippen LogP contribution in [0.2, 0.25) is 0 Å². The minimum absolute atomic E-state index is 0.147. The highest BCUT2D eigenvalue weighted by atomic mass is 16.4. The van der Waals surface area contributed by atoms with Gasteiger partial charge in [0.25, 0.3) is 0 Å². The van der Waals surface area contributed by atoms with Crippen LogP contribution in [0.1, 0.15) is 15.9 Å². The molecule has 0 fully saturated rings. The van der Waals surface area contributed by atoms with Crippen LogP contribution in [0.5, 0.6) is 0 Å². The molecule has 1 N–H and O–H groups in total. The van der Waals surface area contributed by atoms with E-state index < -0.39 is 5.97 Å². The van der Waals surface area contributed by atoms with E-state index in [1.807, 2.05) is 6.07 Å². The Morgan fingerprint density at radius 1 is 1.50 bits per heavy atom. The summed E-state index contributed by atoms with van der Waals surface area (Å²) in [6, 6.07) is 6.51. The molecule has 4 heteroatoms. The van der Waals surface area contributed by atoms with Gasteiger partial charge in [-0.2, -0.15) is 5.26 Å². The molecule has 0 aliphatic carbocycles. The molecular weight excluding hydrogens is 180 g/mol. The molecule has 0 aliphatic heterocycles. The third kappa shape index (κ3) is 1.83. The minimum Gasteiger partial charge on any atom is -0.478 e. The van der Waals surface area contributed by atoms with Crippen LogP contribution in [0.4, 0.5) is 5.69 Å². The van der Waals surface area contributed by atoms with Crippen molar-refractivity contribution in [3.8, 4) is 6.07 Å². The van der Waals surface area contributed by atoms with Gasteiger partial charge in [0.1, 0.15) is 0 Å². The average Bonchev–Trinajstić information content (AvgIpc) is 2.16. The molecule has 0 bridgehead atoms. The lowest BCUT2D eigenvalue weighted by Gasteiger charge is -2.15. The maximum absolute atomic E-state index is 10.9. The number of carboxylic acids is 1. The fourth-order valence-electron chi connectivity index (χ4n) is 1.17. The standard InChI is InChI=1S/C10H10N2O2/c1-12(2)9-4-3-7(6-11)5-8(9)10(13)14/h3-5H,1-2H3,(H,13,14). The van der Waals surface area contributed by atoms with Crippen molar-refractivity contribution in [2.75, 3.05) is 19.0 Å². The van der Waals surface area contributed by atoms with Crippen molar-refractivity contribution in [3.63, 3.8) is 0 Å². The summed E-state index contributed by atoms with van der Waals surface area (Å²) in [6.07, 6.45) is 0. The van der Waals surface area contributed by atoms with E-state index >= 15 is 0 Å². The average molecular weight is 190 g/mol. The summed E-state index contributed by atoms with van der Waals surface area (Å²) in [6.45, 7) is 0. The first-order chi connectivity index (χ1) is 6.56. The van der Waals surface area contributed by atoms with Crippen LogP contribution in [-0.4, -0.2) is 25.2 Å². The van der Waals surface area contributed by atoms with Crippen molar-refractivity contribution in [2.45, 2.75) is 0 Å². The summed E-state index contributed by atoms with van der Waals surface area (Å²) in [5.74, 6) is -1.02. The second-order valence-corrected chi connectivity index (χ2v) is 3.04. The van der Waals surface area contributed by atoms with E-state index in [0.717, 1.165) is 0 Å². The molecule has 0 saturated carbocycles. The van der Waals surface area contributed by atoms with Crippen molar-refractivity contribution in [1.82, 2.24) is 0 Å². The molecule has 0 atom stereocenters. The van der Waals surface area contributed by atoms with E-state index in [1.54, 1.807) is 31.1 Å². The SMILES string of the molecule is CN(C)c1ccc(C#N)cc1C(=O)O. The van der Waals surface area contributed by atoms with Crippen LogP contribution in [0.15, 0.2) is 18.2 Å². The smallest absolute Gasteiger partial charge is 0.337 e. The van der Waals surface area contributed by atoms with Crippen molar-refractivity contribution in [1.29, 1.82) is 5.26 Å². The first-order valence-corrected chi connectivity index (χ1v) is 4.01. The van der Waals surface area contributed by atoms with E-state index in [0.29, 0.717) is 11.3 Å². The van der Waals surface area contributed by atoms with Crippen molar-refractivity contribution < 1.29 is 9.90 Å². The van der Waals surface area contributed by atoms with Gasteiger partial charge in [0.2, 0.25) is 0 Å². The summed E-state index contributed by atoms with van der Waals surface area (Å²) < 4.78 is 0. The Bertz CT molecular complexity index is 405. The minimum atomic E-state index is -1.02. The number of hydrogen-bond donors (Lipinski definition) is 1. The molecule has 0 aliphatic rings. The molecule has 1 aromatic rings. The van der Waals surface area contributed by atoms with E-state index in [9.17, 15) is 4.79 Å². The van der Waals surface area contributed by atoms with Crippen molar-refractivity contribution in [2.24, 2.45) is 0 Å². The predicted molar refractivity (Wildman–Crippen MR) is 52.4 cm³/mol. The zero-order valence-electron chi connectivity index (χ0n) is 7.98. The van der Waals surface area contributed by atoms with Crippen LogP contribution < -0.4 is 4.90 Å². The molecule has 1 aromatic carbocycles. The van der Waals surface area contributed by atoms with Gasteiger partial charge in [-0.1, -0.05) is 0 Å². The molecule has 0 aromatic heterocycles. The Hall–Kier alpha value is -2.02. The zero-order chi connectivity index (χ0) is 10.7. The summed E-state index contributed by atoms with van der Waals surface area (Å²) >= 11 is 0. The quantitative estimate of drug-likeness (QED) is 0.763. The van der Waals surface area contributed by atoms with Gasteiger partial charge in [0.05, 0.1) is 22.9 Å². The van der Waals surface area contributed by atoms with Crippen LogP contribution in [0.3, 0.4) is 0 Å². The van der Waals surface area contributed by atoms with Gasteiger partial charge >= 0.3 is 5.97 Å². The molecular formula is C10H10N2O2. The maximum atomic E-state index is 10.9. The fourth-order valence-corrected chi connectivity index (χ4v) is 1.17. The van der Waals surface area contributed by atoms with Crippen LogP contribution in [0, 0.1) is 11.3 Å². The summed E-state index contributed by atoms with van der Waals surface area (Å²) in [5.41, 5.74) is 1.10. The van der Waals surface area contributed by atoms with Crippen LogP contribution in [-0.2, 0) is 0 Å². The van der Waals surface area contributed by atoms with Gasteiger partial charge in [-0.25, -0.2) is 4.79 Å². The number of carbonyl (C=O) groups is 1. The first-order valence-electron chi connectivity index (χ1n) is 4.01. The molecule has 4 nitrogen and oxygen atoms in total. The molecule has 0 unspecified atom stereocenters. The lowest BCUT2D eigenvalue weighted by molar-refractivity contribution is 0.0697. The maximum Gasteiger partial charge on any atom is 0.337 e. The number of carboxylic acid groups (broad SMARTS) is 1. The van der Waals surface area contributed by atoms with Gasteiger partial charge in [-0.05, 0) is 18.2 Å². The van der Waals surface area contributed by atoms with Crippen molar-refractivity contribution in [3.05, 3.63) is 29.3 Å². The Labute approximate surface area is 82.0 Å². The van der Waals surface area contributed by atoms with Crippen molar-refractivity contribution >= 4 is 11.7 Å². The fraction of sp³-hybridized carbons (Fsp3) is 0.200. The van der Waals surface area contributed by atoms with Gasteiger partial charge < -0.3 is 10.0 Å². The molecule has 14 heavy (non-hydrogen) atoms. The number of benzene rings is 1. The Kier molecular flexibility index (Phi) is 2.73. The van der Waals surface area contributed by atoms with Gasteiger partial charge in [-0.15, -0.1) is 0 Å². The summed E-state index contributed by atoms with van der Waals surface area (Å²) in [4.78, 5) is 12.6. The highest BCUT2D eigenvalue weighted by molar-refractivity contribution is 5.94. The van der Waals surface area contributed by atoms with Crippen LogP contribution in [0.25, 0.3) is 0 Å². The predicted octanol–water partition coefficient (Wildman–Crippen LogP) is 1.32. The monoisotopic (exact) mass is 190 g/mol. The van der Waals surface area contributed by atoms with E-state index in [2.05, 4.69) is 0 Å². The lowest BCUT2D eigenvalue weighted by atomic mass is 10.1. The Morgan fingerprint density at radius 3 is 2.57 bits per heavy atom. The molecule has 1 rings (SSSR count). The van der Waals surface area contributed by atoms with Gasteiger partial charge in [0.15, 0.2) is 0 Å². The summed E-state index contributed by atoms with van der Waals surface area (Å²) in [5, 5.41) is 17.5. The van der Waals surface area contributed by atoms with E-state index in [-0.39, 0.29) is 5.56 Å². The number of nitriles is 1. The number of aromatic carboxylic acids is 1. The molecule has 0 radical (unpaired) electrons.